The lowest BCUT2D eigenvalue weighted by Crippen LogP contribution is -2.20. The highest BCUT2D eigenvalue weighted by molar-refractivity contribution is 6.34. The summed E-state index contributed by atoms with van der Waals surface area (Å²) < 4.78 is 4.80. The Labute approximate surface area is 109 Å². The molecular formula is C11H11Cl3O2. The molecule has 0 N–H and O–H groups in total. The summed E-state index contributed by atoms with van der Waals surface area (Å²) in [6.45, 7) is 2.05. The summed E-state index contributed by atoms with van der Waals surface area (Å²) in [5.74, 6) is -0.430. The Morgan fingerprint density at radius 1 is 1.31 bits per heavy atom. The van der Waals surface area contributed by atoms with Crippen molar-refractivity contribution < 1.29 is 9.53 Å². The molecule has 0 saturated carbocycles. The first kappa shape index (κ1) is 13.6. The van der Waals surface area contributed by atoms with Crippen LogP contribution in [0, 0.1) is 0 Å². The van der Waals surface area contributed by atoms with E-state index >= 15 is 0 Å². The van der Waals surface area contributed by atoms with Crippen molar-refractivity contribution in [3.63, 3.8) is 0 Å². The monoisotopic (exact) mass is 280 g/mol. The maximum Gasteiger partial charge on any atom is 0.324 e. The standard InChI is InChI=1S/C11H11Cl3O2/c1-2-16-11(15)10(14)5-7-3-8(12)6-9(13)4-7/h3-4,6,10H,2,5H2,1H3. The second kappa shape index (κ2) is 6.33. The van der Waals surface area contributed by atoms with Gasteiger partial charge in [0.15, 0.2) is 0 Å². The molecule has 1 aromatic rings. The number of hydrogen-bond acceptors (Lipinski definition) is 2. The Morgan fingerprint density at radius 3 is 2.38 bits per heavy atom. The summed E-state index contributed by atoms with van der Waals surface area (Å²) in [5.41, 5.74) is 0.811. The van der Waals surface area contributed by atoms with E-state index in [0.29, 0.717) is 23.1 Å². The predicted molar refractivity (Wildman–Crippen MR) is 66.4 cm³/mol. The molecule has 16 heavy (non-hydrogen) atoms. The van der Waals surface area contributed by atoms with Crippen LogP contribution >= 0.6 is 34.8 Å². The number of carbonyl (C=O) groups excluding carboxylic acids is 1. The maximum absolute atomic E-state index is 11.3. The van der Waals surface area contributed by atoms with Crippen LogP contribution in [0.15, 0.2) is 18.2 Å². The van der Waals surface area contributed by atoms with Crippen molar-refractivity contribution in [2.24, 2.45) is 0 Å². The van der Waals surface area contributed by atoms with Gasteiger partial charge in [0.25, 0.3) is 0 Å². The molecular weight excluding hydrogens is 270 g/mol. The summed E-state index contributed by atoms with van der Waals surface area (Å²) in [4.78, 5) is 11.3. The Bertz CT molecular complexity index is 359. The van der Waals surface area contributed by atoms with Crippen molar-refractivity contribution in [3.05, 3.63) is 33.8 Å². The zero-order chi connectivity index (χ0) is 12.1. The minimum atomic E-state index is -0.713. The van der Waals surface area contributed by atoms with E-state index in [0.717, 1.165) is 5.56 Å². The highest BCUT2D eigenvalue weighted by Crippen LogP contribution is 2.21. The molecule has 0 heterocycles. The van der Waals surface area contributed by atoms with E-state index in [1.807, 2.05) is 0 Å². The molecule has 0 radical (unpaired) electrons. The van der Waals surface area contributed by atoms with Gasteiger partial charge in [-0.05, 0) is 37.1 Å². The first-order valence-corrected chi connectivity index (χ1v) is 5.98. The minimum Gasteiger partial charge on any atom is -0.465 e. The fourth-order valence-corrected chi connectivity index (χ4v) is 2.06. The summed E-state index contributed by atoms with van der Waals surface area (Å²) in [6, 6.07) is 5.07. The largest absolute Gasteiger partial charge is 0.465 e. The van der Waals surface area contributed by atoms with E-state index in [1.165, 1.54) is 0 Å². The van der Waals surface area contributed by atoms with Crippen molar-refractivity contribution in [1.29, 1.82) is 0 Å². The first-order chi connectivity index (χ1) is 7.52. The van der Waals surface area contributed by atoms with Gasteiger partial charge in [-0.3, -0.25) is 4.79 Å². The second-order valence-electron chi connectivity index (χ2n) is 3.20. The van der Waals surface area contributed by atoms with Gasteiger partial charge in [0.2, 0.25) is 0 Å². The Morgan fingerprint density at radius 2 is 1.88 bits per heavy atom. The van der Waals surface area contributed by atoms with Crippen molar-refractivity contribution >= 4 is 40.8 Å². The van der Waals surface area contributed by atoms with Gasteiger partial charge < -0.3 is 4.74 Å². The lowest BCUT2D eigenvalue weighted by molar-refractivity contribution is -0.142. The lowest BCUT2D eigenvalue weighted by Gasteiger charge is -2.09. The predicted octanol–water partition coefficient (Wildman–Crippen LogP) is 3.71. The molecule has 0 spiro atoms. The Hall–Kier alpha value is -0.440. The third-order valence-corrected chi connectivity index (χ3v) is 2.65. The topological polar surface area (TPSA) is 26.3 Å². The van der Waals surface area contributed by atoms with Crippen LogP contribution in [0.1, 0.15) is 12.5 Å². The van der Waals surface area contributed by atoms with Crippen molar-refractivity contribution in [2.75, 3.05) is 6.61 Å². The number of benzene rings is 1. The van der Waals surface area contributed by atoms with Crippen LogP contribution in [-0.4, -0.2) is 18.0 Å². The molecule has 1 aromatic carbocycles. The molecule has 1 rings (SSSR count). The summed E-state index contributed by atoms with van der Waals surface area (Å²) in [7, 11) is 0. The third kappa shape index (κ3) is 4.20. The highest BCUT2D eigenvalue weighted by Gasteiger charge is 2.17. The van der Waals surface area contributed by atoms with Crippen LogP contribution in [0.5, 0.6) is 0 Å². The molecule has 0 aromatic heterocycles. The number of halogens is 3. The number of carbonyl (C=O) groups is 1. The molecule has 5 heteroatoms. The molecule has 0 fully saturated rings. The quantitative estimate of drug-likeness (QED) is 0.621. The number of rotatable bonds is 4. The maximum atomic E-state index is 11.3. The van der Waals surface area contributed by atoms with E-state index in [4.69, 9.17) is 39.5 Å². The molecule has 0 saturated heterocycles. The van der Waals surface area contributed by atoms with Gasteiger partial charge in [0.05, 0.1) is 6.61 Å². The van der Waals surface area contributed by atoms with E-state index in [-0.39, 0.29) is 0 Å². The summed E-state index contributed by atoms with van der Waals surface area (Å²) >= 11 is 17.5. The number of hydrogen-bond donors (Lipinski definition) is 0. The lowest BCUT2D eigenvalue weighted by atomic mass is 10.1. The Kier molecular flexibility index (Phi) is 5.39. The van der Waals surface area contributed by atoms with Crippen LogP contribution in [0.2, 0.25) is 10.0 Å². The zero-order valence-electron chi connectivity index (χ0n) is 8.67. The van der Waals surface area contributed by atoms with Crippen LogP contribution < -0.4 is 0 Å². The van der Waals surface area contributed by atoms with Crippen molar-refractivity contribution in [1.82, 2.24) is 0 Å². The molecule has 0 aliphatic heterocycles. The molecule has 0 aliphatic rings. The molecule has 88 valence electrons. The van der Waals surface area contributed by atoms with Crippen LogP contribution in [0.25, 0.3) is 0 Å². The number of esters is 1. The van der Waals surface area contributed by atoms with E-state index in [1.54, 1.807) is 25.1 Å². The van der Waals surface area contributed by atoms with Gasteiger partial charge in [0.1, 0.15) is 5.38 Å². The van der Waals surface area contributed by atoms with Gasteiger partial charge in [-0.1, -0.05) is 23.2 Å². The Balaban J connectivity index is 2.69. The fraction of sp³-hybridized carbons (Fsp3) is 0.364. The second-order valence-corrected chi connectivity index (χ2v) is 4.60. The normalized spacial score (nSPS) is 12.2. The molecule has 1 unspecified atom stereocenters. The van der Waals surface area contributed by atoms with Gasteiger partial charge in [0, 0.05) is 10.0 Å². The molecule has 0 aliphatic carbocycles. The van der Waals surface area contributed by atoms with E-state index in [2.05, 4.69) is 0 Å². The first-order valence-electron chi connectivity index (χ1n) is 4.78. The average Bonchev–Trinajstić information content (AvgIpc) is 2.16. The number of alkyl halides is 1. The van der Waals surface area contributed by atoms with Gasteiger partial charge in [-0.25, -0.2) is 0 Å². The number of ether oxygens (including phenoxy) is 1. The minimum absolute atomic E-state index is 0.318. The van der Waals surface area contributed by atoms with E-state index < -0.39 is 11.3 Å². The molecule has 0 amide bonds. The molecule has 1 atom stereocenters. The zero-order valence-corrected chi connectivity index (χ0v) is 10.9. The smallest absolute Gasteiger partial charge is 0.324 e. The SMILES string of the molecule is CCOC(=O)C(Cl)Cc1cc(Cl)cc(Cl)c1. The summed E-state index contributed by atoms with van der Waals surface area (Å²) in [6.07, 6.45) is 0.348. The van der Waals surface area contributed by atoms with Crippen molar-refractivity contribution in [2.45, 2.75) is 18.7 Å². The van der Waals surface area contributed by atoms with Crippen LogP contribution in [0.3, 0.4) is 0 Å². The summed E-state index contributed by atoms with van der Waals surface area (Å²) in [5, 5.41) is 0.333. The van der Waals surface area contributed by atoms with Gasteiger partial charge in [-0.2, -0.15) is 0 Å². The average molecular weight is 282 g/mol. The fourth-order valence-electron chi connectivity index (χ4n) is 1.25. The molecule has 0 bridgehead atoms. The van der Waals surface area contributed by atoms with Crippen LogP contribution in [-0.2, 0) is 16.0 Å². The molecule has 2 nitrogen and oxygen atoms in total. The van der Waals surface area contributed by atoms with E-state index in [9.17, 15) is 4.79 Å². The van der Waals surface area contributed by atoms with Crippen molar-refractivity contribution in [3.8, 4) is 0 Å². The van der Waals surface area contributed by atoms with Gasteiger partial charge >= 0.3 is 5.97 Å². The van der Waals surface area contributed by atoms with Crippen LogP contribution in [0.4, 0.5) is 0 Å². The third-order valence-electron chi connectivity index (χ3n) is 1.88. The van der Waals surface area contributed by atoms with Gasteiger partial charge in [-0.15, -0.1) is 11.6 Å². The highest BCUT2D eigenvalue weighted by atomic mass is 35.5.